The van der Waals surface area contributed by atoms with Gasteiger partial charge in [0.15, 0.2) is 0 Å². The van der Waals surface area contributed by atoms with Crippen LogP contribution in [0.4, 0.5) is 5.69 Å². The number of pyridine rings is 1. The highest BCUT2D eigenvalue weighted by atomic mass is 16.5. The minimum atomic E-state index is 0.459. The number of hydrogen-bond donors (Lipinski definition) is 0. The van der Waals surface area contributed by atoms with Gasteiger partial charge in [-0.25, -0.2) is 0 Å². The second kappa shape index (κ2) is 3.49. The number of nitrogens with zero attached hydrogens (tertiary/aromatic N) is 2. The van der Waals surface area contributed by atoms with E-state index in [4.69, 9.17) is 4.74 Å². The number of fused-ring (bicyclic) bond motifs is 2. The molecular weight excluding hydrogens is 188 g/mol. The summed E-state index contributed by atoms with van der Waals surface area (Å²) < 4.78 is 5.59. The number of morpholine rings is 1. The van der Waals surface area contributed by atoms with Gasteiger partial charge < -0.3 is 9.64 Å². The lowest BCUT2D eigenvalue weighted by Gasteiger charge is -2.28. The Kier molecular flexibility index (Phi) is 2.13. The molecule has 2 aliphatic heterocycles. The monoisotopic (exact) mass is 204 g/mol. The normalized spacial score (nSPS) is 28.7. The first-order chi connectivity index (χ1) is 7.36. The number of hydrogen-bond acceptors (Lipinski definition) is 3. The third-order valence-electron chi connectivity index (χ3n) is 3.40. The molecule has 0 saturated carbocycles. The molecule has 3 heterocycles. The van der Waals surface area contributed by atoms with Gasteiger partial charge in [-0.15, -0.1) is 0 Å². The minimum Gasteiger partial charge on any atom is -0.374 e. The van der Waals surface area contributed by atoms with Crippen LogP contribution < -0.4 is 4.90 Å². The Bertz CT molecular complexity index is 349. The van der Waals surface area contributed by atoms with E-state index in [0.29, 0.717) is 12.1 Å². The molecule has 80 valence electrons. The summed E-state index contributed by atoms with van der Waals surface area (Å²) >= 11 is 0. The van der Waals surface area contributed by atoms with Gasteiger partial charge in [-0.05, 0) is 25.0 Å². The van der Waals surface area contributed by atoms with Crippen LogP contribution in [0.15, 0.2) is 18.3 Å². The molecule has 2 fully saturated rings. The molecule has 0 spiro atoms. The fraction of sp³-hybridized carbons (Fsp3) is 0.583. The molecule has 3 heteroatoms. The van der Waals surface area contributed by atoms with Crippen molar-refractivity contribution in [2.45, 2.75) is 31.9 Å². The Hall–Kier alpha value is -1.09. The van der Waals surface area contributed by atoms with Gasteiger partial charge in [-0.3, -0.25) is 4.98 Å². The maximum absolute atomic E-state index is 5.59. The molecule has 1 aromatic heterocycles. The van der Waals surface area contributed by atoms with E-state index in [1.54, 1.807) is 0 Å². The number of ether oxygens (including phenoxy) is 1. The van der Waals surface area contributed by atoms with Crippen molar-refractivity contribution in [1.29, 1.82) is 0 Å². The van der Waals surface area contributed by atoms with Crippen molar-refractivity contribution >= 4 is 5.69 Å². The van der Waals surface area contributed by atoms with E-state index >= 15 is 0 Å². The zero-order valence-electron chi connectivity index (χ0n) is 9.02. The van der Waals surface area contributed by atoms with E-state index in [-0.39, 0.29) is 0 Å². The van der Waals surface area contributed by atoms with Gasteiger partial charge in [0.2, 0.25) is 0 Å². The molecule has 0 aromatic carbocycles. The highest BCUT2D eigenvalue weighted by molar-refractivity contribution is 5.48. The Morgan fingerprint density at radius 1 is 1.53 bits per heavy atom. The summed E-state index contributed by atoms with van der Waals surface area (Å²) in [5, 5.41) is 0. The van der Waals surface area contributed by atoms with Crippen molar-refractivity contribution in [3.05, 3.63) is 24.0 Å². The van der Waals surface area contributed by atoms with Gasteiger partial charge in [-0.1, -0.05) is 6.92 Å². The summed E-state index contributed by atoms with van der Waals surface area (Å²) in [6, 6.07) is 4.90. The molecule has 2 bridgehead atoms. The van der Waals surface area contributed by atoms with Crippen LogP contribution in [0.25, 0.3) is 0 Å². The zero-order chi connectivity index (χ0) is 10.3. The van der Waals surface area contributed by atoms with Crippen molar-refractivity contribution < 1.29 is 4.74 Å². The lowest BCUT2D eigenvalue weighted by molar-refractivity contribution is 0.0991. The smallest absolute Gasteiger partial charge is 0.0771 e. The molecule has 3 rings (SSSR count). The minimum absolute atomic E-state index is 0.459. The molecule has 2 saturated heterocycles. The van der Waals surface area contributed by atoms with Gasteiger partial charge in [0.25, 0.3) is 0 Å². The van der Waals surface area contributed by atoms with E-state index in [9.17, 15) is 0 Å². The Morgan fingerprint density at radius 3 is 3.00 bits per heavy atom. The maximum Gasteiger partial charge on any atom is 0.0771 e. The molecule has 0 unspecified atom stereocenters. The maximum atomic E-state index is 5.59. The summed E-state index contributed by atoms with van der Waals surface area (Å²) in [4.78, 5) is 6.87. The number of aromatic nitrogens is 1. The van der Waals surface area contributed by atoms with E-state index in [0.717, 1.165) is 19.6 Å². The van der Waals surface area contributed by atoms with Crippen LogP contribution in [0.5, 0.6) is 0 Å². The topological polar surface area (TPSA) is 25.4 Å². The fourth-order valence-corrected chi connectivity index (χ4v) is 2.51. The third-order valence-corrected chi connectivity index (χ3v) is 3.40. The Labute approximate surface area is 90.1 Å². The fourth-order valence-electron chi connectivity index (χ4n) is 2.51. The van der Waals surface area contributed by atoms with Crippen LogP contribution in [-0.4, -0.2) is 30.3 Å². The highest BCUT2D eigenvalue weighted by Gasteiger charge is 2.38. The second-order valence-corrected chi connectivity index (χ2v) is 4.36. The van der Waals surface area contributed by atoms with Gasteiger partial charge in [-0.2, -0.15) is 0 Å². The lowest BCUT2D eigenvalue weighted by Crippen LogP contribution is -2.36. The summed E-state index contributed by atoms with van der Waals surface area (Å²) in [5.74, 6) is 0. The third kappa shape index (κ3) is 1.51. The number of anilines is 1. The largest absolute Gasteiger partial charge is 0.374 e. The van der Waals surface area contributed by atoms with E-state index in [1.165, 1.54) is 17.8 Å². The van der Waals surface area contributed by atoms with Crippen LogP contribution >= 0.6 is 0 Å². The van der Waals surface area contributed by atoms with Crippen LogP contribution in [0, 0.1) is 0 Å². The molecule has 1 aromatic rings. The van der Waals surface area contributed by atoms with Crippen LogP contribution in [0.1, 0.15) is 19.0 Å². The first kappa shape index (κ1) is 9.16. The molecule has 3 nitrogen and oxygen atoms in total. The standard InChI is InChI=1S/C12H16N2O/c1-2-9-3-4-10(6-13-9)14-7-12-5-11(14)8-15-12/h3-4,6,11-12H,2,5,7-8H2,1H3/t11-,12-/m1/s1. The average molecular weight is 204 g/mol. The van der Waals surface area contributed by atoms with E-state index in [2.05, 4.69) is 28.9 Å². The zero-order valence-corrected chi connectivity index (χ0v) is 9.02. The van der Waals surface area contributed by atoms with Crippen molar-refractivity contribution in [3.8, 4) is 0 Å². The quantitative estimate of drug-likeness (QED) is 0.732. The molecule has 0 N–H and O–H groups in total. The molecular formula is C12H16N2O. The number of aryl methyl sites for hydroxylation is 1. The van der Waals surface area contributed by atoms with Crippen LogP contribution in [0.2, 0.25) is 0 Å². The molecule has 0 aliphatic carbocycles. The number of rotatable bonds is 2. The van der Waals surface area contributed by atoms with Gasteiger partial charge >= 0.3 is 0 Å². The second-order valence-electron chi connectivity index (χ2n) is 4.36. The van der Waals surface area contributed by atoms with Gasteiger partial charge in [0, 0.05) is 12.2 Å². The van der Waals surface area contributed by atoms with Crippen molar-refractivity contribution in [1.82, 2.24) is 4.98 Å². The summed E-state index contributed by atoms with van der Waals surface area (Å²) in [6.07, 6.45) is 4.66. The van der Waals surface area contributed by atoms with Crippen molar-refractivity contribution in [3.63, 3.8) is 0 Å². The SMILES string of the molecule is CCc1ccc(N2C[C@H]3C[C@@H]2CO3)cn1. The highest BCUT2D eigenvalue weighted by Crippen LogP contribution is 2.31. The van der Waals surface area contributed by atoms with Gasteiger partial charge in [0.05, 0.1) is 30.6 Å². The van der Waals surface area contributed by atoms with E-state index < -0.39 is 0 Å². The lowest BCUT2D eigenvalue weighted by atomic mass is 10.2. The van der Waals surface area contributed by atoms with Crippen molar-refractivity contribution in [2.24, 2.45) is 0 Å². The summed E-state index contributed by atoms with van der Waals surface area (Å²) in [5.41, 5.74) is 2.42. The molecule has 2 aliphatic rings. The predicted octanol–water partition coefficient (Wildman–Crippen LogP) is 1.62. The van der Waals surface area contributed by atoms with Crippen LogP contribution in [0.3, 0.4) is 0 Å². The summed E-state index contributed by atoms with van der Waals surface area (Å²) in [6.45, 7) is 4.06. The first-order valence-electron chi connectivity index (χ1n) is 5.70. The average Bonchev–Trinajstić information content (AvgIpc) is 2.91. The molecule has 15 heavy (non-hydrogen) atoms. The summed E-state index contributed by atoms with van der Waals surface area (Å²) in [7, 11) is 0. The Balaban J connectivity index is 1.81. The van der Waals surface area contributed by atoms with Crippen LogP contribution in [-0.2, 0) is 11.2 Å². The van der Waals surface area contributed by atoms with Gasteiger partial charge in [0.1, 0.15) is 0 Å². The first-order valence-corrected chi connectivity index (χ1v) is 5.70. The van der Waals surface area contributed by atoms with Crippen molar-refractivity contribution in [2.75, 3.05) is 18.1 Å². The Morgan fingerprint density at radius 2 is 2.47 bits per heavy atom. The van der Waals surface area contributed by atoms with E-state index in [1.807, 2.05) is 6.20 Å². The predicted molar refractivity (Wildman–Crippen MR) is 59.1 cm³/mol. The molecule has 0 amide bonds. The molecule has 2 atom stereocenters. The molecule has 0 radical (unpaired) electrons.